The van der Waals surface area contributed by atoms with Gasteiger partial charge in [-0.05, 0) is 45.2 Å². The molecule has 0 radical (unpaired) electrons. The first-order valence-electron chi connectivity index (χ1n) is 6.72. The summed E-state index contributed by atoms with van der Waals surface area (Å²) in [6.45, 7) is 8.22. The van der Waals surface area contributed by atoms with E-state index in [4.69, 9.17) is 5.11 Å². The minimum absolute atomic E-state index is 0.00316. The third-order valence-corrected chi connectivity index (χ3v) is 4.18. The van der Waals surface area contributed by atoms with Crippen molar-refractivity contribution in [1.82, 2.24) is 10.6 Å². The zero-order chi connectivity index (χ0) is 14.4. The summed E-state index contributed by atoms with van der Waals surface area (Å²) in [7, 11) is 0. The van der Waals surface area contributed by atoms with Crippen molar-refractivity contribution in [3.63, 3.8) is 0 Å². The summed E-state index contributed by atoms with van der Waals surface area (Å²) in [6.07, 6.45) is 1.41. The van der Waals surface area contributed by atoms with Crippen LogP contribution in [0.2, 0.25) is 0 Å². The molecule has 108 valence electrons. The van der Waals surface area contributed by atoms with Gasteiger partial charge in [0.1, 0.15) is 0 Å². The lowest BCUT2D eigenvalue weighted by molar-refractivity contribution is 0.225. The molecule has 0 aromatic carbocycles. The molecule has 0 fully saturated rings. The molecule has 19 heavy (non-hydrogen) atoms. The fourth-order valence-electron chi connectivity index (χ4n) is 2.12. The van der Waals surface area contributed by atoms with Crippen LogP contribution in [0.15, 0.2) is 6.07 Å². The van der Waals surface area contributed by atoms with Crippen LogP contribution in [0.25, 0.3) is 0 Å². The van der Waals surface area contributed by atoms with Crippen molar-refractivity contribution in [3.05, 3.63) is 21.4 Å². The minimum Gasteiger partial charge on any atom is -0.396 e. The maximum absolute atomic E-state index is 11.9. The molecule has 3 N–H and O–H groups in total. The molecular formula is C14H24N2O2S. The highest BCUT2D eigenvalue weighted by atomic mass is 32.1. The number of carbonyl (C=O) groups is 1. The number of amides is 2. The first kappa shape index (κ1) is 16.0. The maximum Gasteiger partial charge on any atom is 0.315 e. The molecule has 2 amide bonds. The van der Waals surface area contributed by atoms with Gasteiger partial charge in [0, 0.05) is 22.4 Å². The molecule has 1 heterocycles. The molecule has 5 heteroatoms. The lowest BCUT2D eigenvalue weighted by Crippen LogP contribution is -2.43. The van der Waals surface area contributed by atoms with E-state index in [0.29, 0.717) is 6.42 Å². The Kier molecular flexibility index (Phi) is 6.31. The largest absolute Gasteiger partial charge is 0.396 e. The van der Waals surface area contributed by atoms with Crippen LogP contribution in [0, 0.1) is 13.8 Å². The molecule has 0 saturated carbocycles. The first-order valence-corrected chi connectivity index (χ1v) is 7.54. The Balaban J connectivity index is 2.54. The number of urea groups is 1. The number of thiophene rings is 1. The number of aliphatic hydroxyl groups excluding tert-OH is 1. The van der Waals surface area contributed by atoms with E-state index in [2.05, 4.69) is 30.5 Å². The smallest absolute Gasteiger partial charge is 0.315 e. The fourth-order valence-corrected chi connectivity index (χ4v) is 3.14. The quantitative estimate of drug-likeness (QED) is 0.752. The summed E-state index contributed by atoms with van der Waals surface area (Å²) in [4.78, 5) is 14.4. The van der Waals surface area contributed by atoms with E-state index in [-0.39, 0.29) is 24.7 Å². The summed E-state index contributed by atoms with van der Waals surface area (Å²) >= 11 is 1.75. The van der Waals surface area contributed by atoms with Gasteiger partial charge < -0.3 is 15.7 Å². The Morgan fingerprint density at radius 2 is 2.11 bits per heavy atom. The first-order chi connectivity index (χ1) is 8.97. The van der Waals surface area contributed by atoms with Crippen LogP contribution in [-0.2, 0) is 0 Å². The molecular weight excluding hydrogens is 260 g/mol. The van der Waals surface area contributed by atoms with Gasteiger partial charge in [-0.25, -0.2) is 4.79 Å². The summed E-state index contributed by atoms with van der Waals surface area (Å²) in [6, 6.07) is 1.98. The van der Waals surface area contributed by atoms with Crippen molar-refractivity contribution in [2.45, 2.75) is 52.6 Å². The lowest BCUT2D eigenvalue weighted by atomic mass is 10.1. The Morgan fingerprint density at radius 3 is 2.58 bits per heavy atom. The third-order valence-electron chi connectivity index (χ3n) is 3.20. The number of rotatable bonds is 6. The van der Waals surface area contributed by atoms with Gasteiger partial charge in [0.15, 0.2) is 0 Å². The minimum atomic E-state index is -0.170. The van der Waals surface area contributed by atoms with E-state index in [1.165, 1.54) is 15.3 Å². The van der Waals surface area contributed by atoms with Crippen molar-refractivity contribution < 1.29 is 9.90 Å². The van der Waals surface area contributed by atoms with Crippen LogP contribution in [0.5, 0.6) is 0 Å². The molecule has 2 atom stereocenters. The van der Waals surface area contributed by atoms with E-state index in [1.54, 1.807) is 11.3 Å². The summed E-state index contributed by atoms with van der Waals surface area (Å²) in [5.41, 5.74) is 1.17. The average Bonchev–Trinajstić information content (AvgIpc) is 2.67. The van der Waals surface area contributed by atoms with E-state index < -0.39 is 0 Å². The highest BCUT2D eigenvalue weighted by Gasteiger charge is 2.15. The lowest BCUT2D eigenvalue weighted by Gasteiger charge is -2.19. The van der Waals surface area contributed by atoms with Gasteiger partial charge >= 0.3 is 6.03 Å². The van der Waals surface area contributed by atoms with Gasteiger partial charge in [-0.2, -0.15) is 0 Å². The van der Waals surface area contributed by atoms with Crippen LogP contribution in [0.4, 0.5) is 4.79 Å². The maximum atomic E-state index is 11.9. The Labute approximate surface area is 119 Å². The molecule has 4 nitrogen and oxygen atoms in total. The van der Waals surface area contributed by atoms with Crippen LogP contribution >= 0.6 is 11.3 Å². The summed E-state index contributed by atoms with van der Waals surface area (Å²) in [5.74, 6) is 0. The number of hydrogen-bond acceptors (Lipinski definition) is 3. The van der Waals surface area contributed by atoms with Gasteiger partial charge in [0.05, 0.1) is 6.04 Å². The normalized spacial score (nSPS) is 13.9. The third kappa shape index (κ3) is 4.84. The van der Waals surface area contributed by atoms with Crippen molar-refractivity contribution in [3.8, 4) is 0 Å². The van der Waals surface area contributed by atoms with Crippen molar-refractivity contribution >= 4 is 17.4 Å². The van der Waals surface area contributed by atoms with E-state index >= 15 is 0 Å². The fraction of sp³-hybridized carbons (Fsp3) is 0.643. The summed E-state index contributed by atoms with van der Waals surface area (Å²) < 4.78 is 0. The molecule has 1 aromatic heterocycles. The number of aliphatic hydroxyl groups is 1. The Hall–Kier alpha value is -1.07. The SMILES string of the molecule is CCC(CCO)NC(=O)NC(C)c1cc(C)sc1C. The zero-order valence-electron chi connectivity index (χ0n) is 12.1. The average molecular weight is 284 g/mol. The number of hydrogen-bond donors (Lipinski definition) is 3. The second-order valence-electron chi connectivity index (χ2n) is 4.83. The second-order valence-corrected chi connectivity index (χ2v) is 6.29. The predicted molar refractivity (Wildman–Crippen MR) is 79.7 cm³/mol. The Bertz CT molecular complexity index is 418. The number of carbonyl (C=O) groups excluding carboxylic acids is 1. The molecule has 0 saturated heterocycles. The summed E-state index contributed by atoms with van der Waals surface area (Å²) in [5, 5.41) is 14.7. The van der Waals surface area contributed by atoms with Crippen LogP contribution in [-0.4, -0.2) is 23.8 Å². The van der Waals surface area contributed by atoms with Crippen LogP contribution < -0.4 is 10.6 Å². The molecule has 1 rings (SSSR count). The molecule has 0 bridgehead atoms. The van der Waals surface area contributed by atoms with Crippen molar-refractivity contribution in [2.75, 3.05) is 6.61 Å². The Morgan fingerprint density at radius 1 is 1.42 bits per heavy atom. The topological polar surface area (TPSA) is 61.4 Å². The molecule has 0 spiro atoms. The van der Waals surface area contributed by atoms with Gasteiger partial charge in [-0.15, -0.1) is 11.3 Å². The van der Waals surface area contributed by atoms with E-state index in [9.17, 15) is 4.79 Å². The van der Waals surface area contributed by atoms with Crippen molar-refractivity contribution in [1.29, 1.82) is 0 Å². The van der Waals surface area contributed by atoms with Crippen molar-refractivity contribution in [2.24, 2.45) is 0 Å². The molecule has 0 aliphatic rings. The molecule has 2 unspecified atom stereocenters. The predicted octanol–water partition coefficient (Wildman–Crippen LogP) is 2.89. The molecule has 1 aromatic rings. The van der Waals surface area contributed by atoms with Gasteiger partial charge in [-0.3, -0.25) is 0 Å². The standard InChI is InChI=1S/C14H24N2O2S/c1-5-12(6-7-17)16-14(18)15-10(3)13-8-9(2)19-11(13)4/h8,10,12,17H,5-7H2,1-4H3,(H2,15,16,18). The van der Waals surface area contributed by atoms with Gasteiger partial charge in [-0.1, -0.05) is 6.92 Å². The van der Waals surface area contributed by atoms with E-state index in [0.717, 1.165) is 6.42 Å². The molecule has 0 aliphatic carbocycles. The highest BCUT2D eigenvalue weighted by Crippen LogP contribution is 2.25. The zero-order valence-corrected chi connectivity index (χ0v) is 12.9. The number of aryl methyl sites for hydroxylation is 2. The van der Waals surface area contributed by atoms with Crippen LogP contribution in [0.1, 0.15) is 48.0 Å². The molecule has 0 aliphatic heterocycles. The van der Waals surface area contributed by atoms with E-state index in [1.807, 2.05) is 13.8 Å². The number of nitrogens with one attached hydrogen (secondary N) is 2. The van der Waals surface area contributed by atoms with Gasteiger partial charge in [0.2, 0.25) is 0 Å². The highest BCUT2D eigenvalue weighted by molar-refractivity contribution is 7.12. The van der Waals surface area contributed by atoms with Crippen LogP contribution in [0.3, 0.4) is 0 Å². The van der Waals surface area contributed by atoms with Gasteiger partial charge in [0.25, 0.3) is 0 Å². The second kappa shape index (κ2) is 7.50. The monoisotopic (exact) mass is 284 g/mol.